The van der Waals surface area contributed by atoms with E-state index in [4.69, 9.17) is 0 Å². The molecule has 0 saturated carbocycles. The van der Waals surface area contributed by atoms with E-state index in [1.807, 2.05) is 13.8 Å². The smallest absolute Gasteiger partial charge is 0.206 e. The number of carbonyl (C=O) groups excluding carboxylic acids is 3. The average Bonchev–Trinajstić information content (AvgIpc) is 2.67. The number of rotatable bonds is 4. The zero-order valence-corrected chi connectivity index (χ0v) is 9.98. The molecule has 0 spiro atoms. The molecule has 0 saturated heterocycles. The molecule has 1 aromatic heterocycles. The normalized spacial score (nSPS) is 9.00. The lowest BCUT2D eigenvalue weighted by molar-refractivity contribution is -0.134. The lowest BCUT2D eigenvalue weighted by Crippen LogP contribution is -2.17. The Morgan fingerprint density at radius 3 is 2.25 bits per heavy atom. The highest BCUT2D eigenvalue weighted by Crippen LogP contribution is 2.00. The first-order valence-corrected chi connectivity index (χ1v) is 5.06. The van der Waals surface area contributed by atoms with Crippen molar-refractivity contribution in [3.63, 3.8) is 0 Å². The third-order valence-electron chi connectivity index (χ3n) is 1.78. The van der Waals surface area contributed by atoms with E-state index in [1.54, 1.807) is 13.2 Å². The lowest BCUT2D eigenvalue weighted by Gasteiger charge is -1.98. The number of aryl methyl sites for hydroxylation is 1. The van der Waals surface area contributed by atoms with Gasteiger partial charge in [0.05, 0.1) is 6.42 Å². The van der Waals surface area contributed by atoms with Gasteiger partial charge in [-0.2, -0.15) is 0 Å². The van der Waals surface area contributed by atoms with Gasteiger partial charge in [0.1, 0.15) is 0 Å². The minimum Gasteiger partial charge on any atom is -0.332 e. The minimum atomic E-state index is -0.682. The summed E-state index contributed by atoms with van der Waals surface area (Å²) in [5.41, 5.74) is 0. The number of imidazole rings is 1. The van der Waals surface area contributed by atoms with Crippen molar-refractivity contribution in [2.45, 2.75) is 27.2 Å². The van der Waals surface area contributed by atoms with Crippen LogP contribution >= 0.6 is 0 Å². The Labute approximate surface area is 94.5 Å². The molecule has 0 N–H and O–H groups in total. The Kier molecular flexibility index (Phi) is 5.92. The first kappa shape index (κ1) is 14.2. The topological polar surface area (TPSA) is 69.0 Å². The summed E-state index contributed by atoms with van der Waals surface area (Å²) in [5.74, 6) is -1.53. The minimum absolute atomic E-state index is 0.194. The van der Waals surface area contributed by atoms with Crippen LogP contribution in [0.1, 0.15) is 37.8 Å². The van der Waals surface area contributed by atoms with E-state index in [2.05, 4.69) is 4.98 Å². The highest BCUT2D eigenvalue weighted by molar-refractivity contribution is 6.40. The zero-order valence-electron chi connectivity index (χ0n) is 9.98. The van der Waals surface area contributed by atoms with Crippen LogP contribution in [-0.2, 0) is 16.6 Å². The molecule has 5 heteroatoms. The van der Waals surface area contributed by atoms with Crippen LogP contribution in [-0.4, -0.2) is 26.9 Å². The first-order valence-electron chi connectivity index (χ1n) is 5.06. The van der Waals surface area contributed by atoms with Gasteiger partial charge in [0, 0.05) is 26.4 Å². The van der Waals surface area contributed by atoms with E-state index in [0.717, 1.165) is 6.92 Å². The molecule has 0 aliphatic rings. The molecule has 0 aliphatic heterocycles. The fourth-order valence-electron chi connectivity index (χ4n) is 0.984. The maximum Gasteiger partial charge on any atom is 0.206 e. The molecule has 0 amide bonds. The molecule has 0 aromatic carbocycles. The molecule has 16 heavy (non-hydrogen) atoms. The van der Waals surface area contributed by atoms with Crippen molar-refractivity contribution in [2.24, 2.45) is 7.05 Å². The van der Waals surface area contributed by atoms with Crippen LogP contribution in [0.5, 0.6) is 0 Å². The third-order valence-corrected chi connectivity index (χ3v) is 1.78. The number of aromatic nitrogens is 2. The van der Waals surface area contributed by atoms with Crippen molar-refractivity contribution in [1.29, 1.82) is 0 Å². The van der Waals surface area contributed by atoms with Crippen LogP contribution in [0.2, 0.25) is 0 Å². The van der Waals surface area contributed by atoms with Crippen molar-refractivity contribution >= 4 is 17.3 Å². The molecule has 5 nitrogen and oxygen atoms in total. The van der Waals surface area contributed by atoms with Gasteiger partial charge in [0.2, 0.25) is 11.6 Å². The summed E-state index contributed by atoms with van der Waals surface area (Å²) in [6.07, 6.45) is 2.66. The summed E-state index contributed by atoms with van der Waals surface area (Å²) in [6.45, 7) is 5.15. The summed E-state index contributed by atoms with van der Waals surface area (Å²) < 4.78 is 1.51. The number of nitrogens with zero attached hydrogens (tertiary/aromatic N) is 2. The largest absolute Gasteiger partial charge is 0.332 e. The van der Waals surface area contributed by atoms with Crippen LogP contribution in [0, 0.1) is 0 Å². The maximum atomic E-state index is 11.4. The predicted octanol–water partition coefficient (Wildman–Crippen LogP) is 1.18. The van der Waals surface area contributed by atoms with E-state index in [-0.39, 0.29) is 5.82 Å². The van der Waals surface area contributed by atoms with E-state index in [0.29, 0.717) is 0 Å². The fraction of sp³-hybridized carbons (Fsp3) is 0.455. The van der Waals surface area contributed by atoms with Crippen molar-refractivity contribution in [3.05, 3.63) is 18.2 Å². The Hall–Kier alpha value is -1.78. The maximum absolute atomic E-state index is 11.4. The van der Waals surface area contributed by atoms with Crippen molar-refractivity contribution in [1.82, 2.24) is 9.55 Å². The summed E-state index contributed by atoms with van der Waals surface area (Å²) in [5, 5.41) is 0. The highest BCUT2D eigenvalue weighted by Gasteiger charge is 2.17. The summed E-state index contributed by atoms with van der Waals surface area (Å²) in [4.78, 5) is 36.7. The van der Waals surface area contributed by atoms with Crippen molar-refractivity contribution in [3.8, 4) is 0 Å². The van der Waals surface area contributed by atoms with Gasteiger partial charge < -0.3 is 4.57 Å². The van der Waals surface area contributed by atoms with Gasteiger partial charge in [-0.05, 0) is 0 Å². The van der Waals surface area contributed by atoms with Crippen LogP contribution in [0.4, 0.5) is 0 Å². The summed E-state index contributed by atoms with van der Waals surface area (Å²) in [7, 11) is 1.65. The van der Waals surface area contributed by atoms with Crippen molar-refractivity contribution in [2.75, 3.05) is 0 Å². The number of Topliss-reactive ketones (excluding diaryl/α,β-unsaturated/α-hetero) is 3. The average molecular weight is 224 g/mol. The Balaban J connectivity index is 0.00000106. The second kappa shape index (κ2) is 6.66. The van der Waals surface area contributed by atoms with E-state index in [1.165, 1.54) is 10.8 Å². The molecule has 1 heterocycles. The van der Waals surface area contributed by atoms with Gasteiger partial charge in [-0.25, -0.2) is 4.98 Å². The molecule has 88 valence electrons. The highest BCUT2D eigenvalue weighted by atomic mass is 16.2. The quantitative estimate of drug-likeness (QED) is 0.437. The van der Waals surface area contributed by atoms with Gasteiger partial charge in [0.15, 0.2) is 11.6 Å². The molecular weight excluding hydrogens is 208 g/mol. The van der Waals surface area contributed by atoms with Crippen molar-refractivity contribution < 1.29 is 14.4 Å². The van der Waals surface area contributed by atoms with Crippen LogP contribution in [0.25, 0.3) is 0 Å². The molecule has 0 unspecified atom stereocenters. The van der Waals surface area contributed by atoms with Crippen LogP contribution in [0.3, 0.4) is 0 Å². The second-order valence-electron chi connectivity index (χ2n) is 2.94. The van der Waals surface area contributed by atoms with E-state index < -0.39 is 23.8 Å². The van der Waals surface area contributed by atoms with Gasteiger partial charge in [-0.15, -0.1) is 0 Å². The lowest BCUT2D eigenvalue weighted by atomic mass is 10.1. The Bertz CT molecular complexity index is 394. The van der Waals surface area contributed by atoms with Gasteiger partial charge >= 0.3 is 0 Å². The zero-order chi connectivity index (χ0) is 12.7. The van der Waals surface area contributed by atoms with Gasteiger partial charge in [-0.3, -0.25) is 14.4 Å². The van der Waals surface area contributed by atoms with E-state index >= 15 is 0 Å². The fourth-order valence-corrected chi connectivity index (χ4v) is 0.984. The van der Waals surface area contributed by atoms with Gasteiger partial charge in [-0.1, -0.05) is 13.8 Å². The number of hydrogen-bond donors (Lipinski definition) is 0. The number of ketones is 3. The SMILES string of the molecule is CC.CC(=O)C(=O)CC(=O)c1nccn1C. The first-order chi connectivity index (χ1) is 7.52. The van der Waals surface area contributed by atoms with E-state index in [9.17, 15) is 14.4 Å². The number of carbonyl (C=O) groups is 3. The monoisotopic (exact) mass is 224 g/mol. The van der Waals surface area contributed by atoms with Crippen LogP contribution in [0.15, 0.2) is 12.4 Å². The summed E-state index contributed by atoms with van der Waals surface area (Å²) >= 11 is 0. The standard InChI is InChI=1S/C9H10N2O3.C2H6/c1-6(12)7(13)5-8(14)9-10-3-4-11(9)2;1-2/h3-4H,5H2,1-2H3;1-2H3. The molecule has 1 rings (SSSR count). The third kappa shape index (κ3) is 3.76. The molecule has 0 aliphatic carbocycles. The molecule has 0 fully saturated rings. The van der Waals surface area contributed by atoms with Crippen LogP contribution < -0.4 is 0 Å². The Morgan fingerprint density at radius 2 is 1.88 bits per heavy atom. The molecule has 1 aromatic rings. The summed E-state index contributed by atoms with van der Waals surface area (Å²) in [6, 6.07) is 0. The molecule has 0 radical (unpaired) electrons. The Morgan fingerprint density at radius 1 is 1.31 bits per heavy atom. The molecule has 0 atom stereocenters. The molecule has 0 bridgehead atoms. The molecular formula is C11H16N2O3. The second-order valence-corrected chi connectivity index (χ2v) is 2.94. The predicted molar refractivity (Wildman–Crippen MR) is 59.2 cm³/mol. The number of hydrogen-bond acceptors (Lipinski definition) is 4. The van der Waals surface area contributed by atoms with Gasteiger partial charge in [0.25, 0.3) is 0 Å².